The summed E-state index contributed by atoms with van der Waals surface area (Å²) in [7, 11) is 0. The number of hydrogen-bond donors (Lipinski definition) is 1. The minimum atomic E-state index is -0.944. The van der Waals surface area contributed by atoms with Gasteiger partial charge in [0.2, 0.25) is 5.79 Å². The van der Waals surface area contributed by atoms with Crippen molar-refractivity contribution in [2.75, 3.05) is 0 Å². The van der Waals surface area contributed by atoms with Gasteiger partial charge >= 0.3 is 0 Å². The molecule has 1 N–H and O–H groups in total. The minimum absolute atomic E-state index is 0.00103. The highest BCUT2D eigenvalue weighted by Gasteiger charge is 2.86. The third kappa shape index (κ3) is 2.12. The van der Waals surface area contributed by atoms with Gasteiger partial charge in [-0.2, -0.15) is 0 Å². The number of aliphatic hydroxyl groups is 1. The predicted octanol–water partition coefficient (Wildman–Crippen LogP) is 4.41. The monoisotopic (exact) mass is 498 g/mol. The highest BCUT2D eigenvalue weighted by molar-refractivity contribution is 5.96. The Kier molecular flexibility index (Phi) is 3.85. The number of aliphatic hydroxyl groups excluding tert-OH is 1. The Labute approximate surface area is 214 Å². The number of ketones is 2. The van der Waals surface area contributed by atoms with Crippen LogP contribution in [0.3, 0.4) is 0 Å². The lowest BCUT2D eigenvalue weighted by molar-refractivity contribution is -0.344. The fourth-order valence-electron chi connectivity index (χ4n) is 12.5. The zero-order valence-corrected chi connectivity index (χ0v) is 22.7. The fourth-order valence-corrected chi connectivity index (χ4v) is 12.5. The average molecular weight is 499 g/mol. The molecule has 13 atom stereocenters. The van der Waals surface area contributed by atoms with Gasteiger partial charge in [-0.05, 0) is 78.4 Å². The van der Waals surface area contributed by atoms with Crippen molar-refractivity contribution >= 4 is 11.6 Å². The SMILES string of the molecule is CC1CC2(OC3CC4(C)C5CC(=O)C6C(C)(C)C(=O)CCC67CC57CCC4(C)C13)OC(O)C1(C)OC21. The van der Waals surface area contributed by atoms with E-state index < -0.39 is 23.1 Å². The Morgan fingerprint density at radius 3 is 2.31 bits per heavy atom. The van der Waals surface area contributed by atoms with Gasteiger partial charge in [0.25, 0.3) is 0 Å². The molecule has 0 aromatic heterocycles. The van der Waals surface area contributed by atoms with Crippen LogP contribution in [0.5, 0.6) is 0 Å². The highest BCUT2D eigenvalue weighted by Crippen LogP contribution is 2.88. The number of rotatable bonds is 0. The van der Waals surface area contributed by atoms with E-state index in [1.165, 1.54) is 12.8 Å². The summed E-state index contributed by atoms with van der Waals surface area (Å²) in [6, 6.07) is 0. The Hall–Kier alpha value is -0.820. The summed E-state index contributed by atoms with van der Waals surface area (Å²) >= 11 is 0. The lowest BCUT2D eigenvalue weighted by Crippen LogP contribution is -2.60. The van der Waals surface area contributed by atoms with Crippen molar-refractivity contribution in [3.05, 3.63) is 0 Å². The molecule has 6 heteroatoms. The largest absolute Gasteiger partial charge is 0.365 e. The maximum atomic E-state index is 14.0. The van der Waals surface area contributed by atoms with Crippen molar-refractivity contribution in [1.82, 2.24) is 0 Å². The van der Waals surface area contributed by atoms with E-state index >= 15 is 0 Å². The summed E-state index contributed by atoms with van der Waals surface area (Å²) in [4.78, 5) is 26.9. The molecule has 36 heavy (non-hydrogen) atoms. The van der Waals surface area contributed by atoms with Crippen molar-refractivity contribution in [3.63, 3.8) is 0 Å². The second-order valence-corrected chi connectivity index (χ2v) is 15.7. The molecule has 3 saturated heterocycles. The standard InChI is InChI=1S/C30H42O6/c1-15-12-30(22-27(6,35-22)23(33)36-30)34-17-13-26(5)18-11-16(31)21-24(2,3)19(32)7-8-29(21)14-28(18,29)10-9-25(26,4)20(15)17/h15,17-18,20-23,33H,7-14H2,1-6H3. The Morgan fingerprint density at radius 1 is 0.889 bits per heavy atom. The van der Waals surface area contributed by atoms with Gasteiger partial charge in [-0.15, -0.1) is 0 Å². The van der Waals surface area contributed by atoms with Crippen LogP contribution in [0.4, 0.5) is 0 Å². The van der Waals surface area contributed by atoms with Crippen molar-refractivity contribution < 1.29 is 28.9 Å². The third-order valence-corrected chi connectivity index (χ3v) is 14.2. The lowest BCUT2D eigenvalue weighted by atomic mass is 9.41. The second kappa shape index (κ2) is 6.00. The van der Waals surface area contributed by atoms with E-state index in [9.17, 15) is 14.7 Å². The van der Waals surface area contributed by atoms with Crippen LogP contribution in [0, 0.1) is 50.7 Å². The molecule has 0 aromatic carbocycles. The predicted molar refractivity (Wildman–Crippen MR) is 129 cm³/mol. The highest BCUT2D eigenvalue weighted by atomic mass is 16.8. The van der Waals surface area contributed by atoms with Crippen LogP contribution in [-0.2, 0) is 23.8 Å². The van der Waals surface area contributed by atoms with Gasteiger partial charge in [-0.1, -0.05) is 34.6 Å². The van der Waals surface area contributed by atoms with Crippen molar-refractivity contribution in [2.24, 2.45) is 50.7 Å². The first-order valence-corrected chi connectivity index (χ1v) is 14.5. The van der Waals surface area contributed by atoms with Gasteiger partial charge in [0.15, 0.2) is 6.29 Å². The third-order valence-electron chi connectivity index (χ3n) is 14.2. The maximum absolute atomic E-state index is 14.0. The summed E-state index contributed by atoms with van der Waals surface area (Å²) in [5.74, 6) is 0.822. The molecule has 0 amide bonds. The number of fused-ring (bicyclic) bond motifs is 6. The van der Waals surface area contributed by atoms with E-state index in [0.29, 0.717) is 36.4 Å². The number of ether oxygens (including phenoxy) is 3. The maximum Gasteiger partial charge on any atom is 0.201 e. The van der Waals surface area contributed by atoms with Gasteiger partial charge in [-0.25, -0.2) is 0 Å². The summed E-state index contributed by atoms with van der Waals surface area (Å²) in [5, 5.41) is 10.6. The number of carbonyl (C=O) groups is 2. The molecule has 0 radical (unpaired) electrons. The van der Waals surface area contributed by atoms with Crippen LogP contribution < -0.4 is 0 Å². The van der Waals surface area contributed by atoms with Crippen molar-refractivity contribution in [1.29, 1.82) is 0 Å². The van der Waals surface area contributed by atoms with E-state index in [0.717, 1.165) is 25.7 Å². The lowest BCUT2D eigenvalue weighted by Gasteiger charge is -2.62. The quantitative estimate of drug-likeness (QED) is 0.498. The van der Waals surface area contributed by atoms with Crippen LogP contribution >= 0.6 is 0 Å². The molecule has 3 spiro atoms. The summed E-state index contributed by atoms with van der Waals surface area (Å²) in [6.45, 7) is 13.3. The molecular weight excluding hydrogens is 456 g/mol. The molecule has 0 aromatic rings. The molecule has 6 nitrogen and oxygen atoms in total. The van der Waals surface area contributed by atoms with E-state index in [1.807, 2.05) is 20.8 Å². The molecule has 8 rings (SSSR count). The van der Waals surface area contributed by atoms with Gasteiger partial charge in [0.05, 0.1) is 6.10 Å². The first-order chi connectivity index (χ1) is 16.7. The first-order valence-electron chi connectivity index (χ1n) is 14.5. The Morgan fingerprint density at radius 2 is 1.64 bits per heavy atom. The zero-order valence-electron chi connectivity index (χ0n) is 22.7. The number of carbonyl (C=O) groups excluding carboxylic acids is 2. The van der Waals surface area contributed by atoms with Gasteiger partial charge < -0.3 is 19.3 Å². The summed E-state index contributed by atoms with van der Waals surface area (Å²) in [6.07, 6.45) is 6.21. The van der Waals surface area contributed by atoms with E-state index in [1.54, 1.807) is 0 Å². The molecule has 3 heterocycles. The smallest absolute Gasteiger partial charge is 0.201 e. The summed E-state index contributed by atoms with van der Waals surface area (Å²) in [5.41, 5.74) is -0.858. The molecule has 8 fully saturated rings. The van der Waals surface area contributed by atoms with Crippen LogP contribution in [0.25, 0.3) is 0 Å². The molecule has 5 aliphatic carbocycles. The topological polar surface area (TPSA) is 85.4 Å². The summed E-state index contributed by atoms with van der Waals surface area (Å²) < 4.78 is 19.0. The molecule has 198 valence electrons. The normalized spacial score (nSPS) is 65.7. The molecule has 5 saturated carbocycles. The number of Topliss-reactive ketones (excluding diaryl/α,β-unsaturated/α-hetero) is 2. The number of hydrogen-bond acceptors (Lipinski definition) is 6. The number of epoxide rings is 1. The minimum Gasteiger partial charge on any atom is -0.365 e. The van der Waals surface area contributed by atoms with Crippen LogP contribution in [0.15, 0.2) is 0 Å². The van der Waals surface area contributed by atoms with E-state index in [2.05, 4.69) is 20.8 Å². The molecular formula is C30H42O6. The molecule has 3 aliphatic heterocycles. The average Bonchev–Trinajstić information content (AvgIpc) is 3.61. The van der Waals surface area contributed by atoms with Crippen LogP contribution in [0.1, 0.15) is 92.9 Å². The van der Waals surface area contributed by atoms with E-state index in [4.69, 9.17) is 14.2 Å². The van der Waals surface area contributed by atoms with Gasteiger partial charge in [0, 0.05) is 30.6 Å². The van der Waals surface area contributed by atoms with E-state index in [-0.39, 0.29) is 45.6 Å². The van der Waals surface area contributed by atoms with Crippen molar-refractivity contribution in [2.45, 2.75) is 123 Å². The first kappa shape index (κ1) is 23.1. The molecule has 8 aliphatic rings. The Balaban J connectivity index is 1.17. The van der Waals surface area contributed by atoms with Gasteiger partial charge in [0.1, 0.15) is 23.3 Å². The molecule has 13 unspecified atom stereocenters. The van der Waals surface area contributed by atoms with Gasteiger partial charge in [-0.3, -0.25) is 9.59 Å². The van der Waals surface area contributed by atoms with Crippen LogP contribution in [-0.4, -0.2) is 46.6 Å². The van der Waals surface area contributed by atoms with Crippen LogP contribution in [0.2, 0.25) is 0 Å². The molecule has 0 bridgehead atoms. The Bertz CT molecular complexity index is 1120. The fraction of sp³-hybridized carbons (Fsp3) is 0.933. The zero-order chi connectivity index (χ0) is 25.5. The van der Waals surface area contributed by atoms with Crippen molar-refractivity contribution in [3.8, 4) is 0 Å². The second-order valence-electron chi connectivity index (χ2n) is 15.7.